The lowest BCUT2D eigenvalue weighted by molar-refractivity contribution is -0.127. The van der Waals surface area contributed by atoms with E-state index in [0.29, 0.717) is 12.0 Å². The largest absolute Gasteiger partial charge is 0.354 e. The molecule has 1 amide bonds. The lowest BCUT2D eigenvalue weighted by Gasteiger charge is -2.33. The van der Waals surface area contributed by atoms with Gasteiger partial charge < -0.3 is 5.32 Å². The third-order valence-corrected chi connectivity index (χ3v) is 5.53. The summed E-state index contributed by atoms with van der Waals surface area (Å²) in [5.74, 6) is 0.573. The fraction of sp³-hybridized carbons (Fsp3) is 0.667. The Bertz CT molecular complexity index is 453. The van der Waals surface area contributed by atoms with Crippen LogP contribution >= 0.6 is 11.3 Å². The van der Waals surface area contributed by atoms with Crippen LogP contribution in [0.5, 0.6) is 0 Å². The van der Waals surface area contributed by atoms with Gasteiger partial charge in [-0.1, -0.05) is 6.42 Å². The molecule has 0 bridgehead atoms. The maximum absolute atomic E-state index is 11.8. The predicted octanol–water partition coefficient (Wildman–Crippen LogP) is 2.41. The second-order valence-electron chi connectivity index (χ2n) is 5.81. The smallest absolute Gasteiger partial charge is 0.223 e. The first-order chi connectivity index (χ1) is 9.24. The lowest BCUT2D eigenvalue weighted by atomic mass is 9.85. The van der Waals surface area contributed by atoms with Gasteiger partial charge in [0, 0.05) is 36.5 Å². The Balaban J connectivity index is 1.48. The summed E-state index contributed by atoms with van der Waals surface area (Å²) in [6, 6.07) is 2.67. The van der Waals surface area contributed by atoms with Crippen LogP contribution in [0.3, 0.4) is 0 Å². The summed E-state index contributed by atoms with van der Waals surface area (Å²) in [5.41, 5.74) is 1.48. The third kappa shape index (κ3) is 2.84. The van der Waals surface area contributed by atoms with E-state index >= 15 is 0 Å². The van der Waals surface area contributed by atoms with Crippen molar-refractivity contribution in [2.24, 2.45) is 5.92 Å². The molecular formula is C15H22N2OS. The van der Waals surface area contributed by atoms with E-state index in [1.807, 2.05) is 11.3 Å². The number of nitrogens with zero attached hydrogens (tertiary/aromatic N) is 1. The van der Waals surface area contributed by atoms with E-state index in [1.54, 1.807) is 4.88 Å². The average molecular weight is 278 g/mol. The summed E-state index contributed by atoms with van der Waals surface area (Å²) in [6.07, 6.45) is 4.55. The quantitative estimate of drug-likeness (QED) is 0.917. The number of nitrogens with one attached hydrogen (secondary N) is 1. The summed E-state index contributed by atoms with van der Waals surface area (Å²) < 4.78 is 0. The van der Waals surface area contributed by atoms with Crippen LogP contribution in [0.25, 0.3) is 0 Å². The first kappa shape index (κ1) is 13.1. The van der Waals surface area contributed by atoms with Gasteiger partial charge in [-0.15, -0.1) is 11.3 Å². The van der Waals surface area contributed by atoms with Gasteiger partial charge in [-0.05, 0) is 43.2 Å². The Morgan fingerprint density at radius 1 is 1.58 bits per heavy atom. The van der Waals surface area contributed by atoms with Crippen molar-refractivity contribution < 1.29 is 4.79 Å². The van der Waals surface area contributed by atoms with Gasteiger partial charge in [-0.25, -0.2) is 0 Å². The summed E-state index contributed by atoms with van der Waals surface area (Å²) in [4.78, 5) is 15.9. The Morgan fingerprint density at radius 3 is 3.16 bits per heavy atom. The molecule has 0 radical (unpaired) electrons. The fourth-order valence-electron chi connectivity index (χ4n) is 2.84. The Kier molecular flexibility index (Phi) is 3.89. The predicted molar refractivity (Wildman–Crippen MR) is 78.2 cm³/mol. The third-order valence-electron chi connectivity index (χ3n) is 4.51. The normalized spacial score (nSPS) is 21.5. The number of hydrogen-bond acceptors (Lipinski definition) is 3. The maximum atomic E-state index is 11.8. The van der Waals surface area contributed by atoms with Gasteiger partial charge in [0.15, 0.2) is 0 Å². The van der Waals surface area contributed by atoms with Crippen molar-refractivity contribution in [3.63, 3.8) is 0 Å². The van der Waals surface area contributed by atoms with Crippen LogP contribution in [0.2, 0.25) is 0 Å². The number of amides is 1. The molecule has 0 saturated heterocycles. The van der Waals surface area contributed by atoms with Crippen LogP contribution in [-0.2, 0) is 17.8 Å². The van der Waals surface area contributed by atoms with Crippen molar-refractivity contribution in [1.29, 1.82) is 0 Å². The highest BCUT2D eigenvalue weighted by Gasteiger charge is 2.26. The number of carbonyl (C=O) groups is 1. The average Bonchev–Trinajstić information content (AvgIpc) is 2.80. The number of carbonyl (C=O) groups excluding carboxylic acids is 1. The van der Waals surface area contributed by atoms with Gasteiger partial charge >= 0.3 is 0 Å². The number of hydrogen-bond donors (Lipinski definition) is 1. The molecule has 1 aliphatic carbocycles. The minimum Gasteiger partial charge on any atom is -0.354 e. The summed E-state index contributed by atoms with van der Waals surface area (Å²) in [7, 11) is 0. The first-order valence-corrected chi connectivity index (χ1v) is 8.19. The van der Waals surface area contributed by atoms with Crippen LogP contribution in [0, 0.1) is 5.92 Å². The van der Waals surface area contributed by atoms with Crippen LogP contribution in [0.4, 0.5) is 0 Å². The second-order valence-corrected chi connectivity index (χ2v) is 6.81. The molecule has 1 fully saturated rings. The monoisotopic (exact) mass is 278 g/mol. The molecule has 1 aromatic rings. The molecular weight excluding hydrogens is 256 g/mol. The van der Waals surface area contributed by atoms with Crippen LogP contribution in [-0.4, -0.2) is 29.9 Å². The summed E-state index contributed by atoms with van der Waals surface area (Å²) >= 11 is 1.88. The van der Waals surface area contributed by atoms with E-state index in [0.717, 1.165) is 38.9 Å². The summed E-state index contributed by atoms with van der Waals surface area (Å²) in [6.45, 7) is 5.17. The topological polar surface area (TPSA) is 32.3 Å². The molecule has 0 unspecified atom stereocenters. The van der Waals surface area contributed by atoms with E-state index in [2.05, 4.69) is 28.6 Å². The lowest BCUT2D eigenvalue weighted by Crippen LogP contribution is -2.46. The molecule has 0 spiro atoms. The maximum Gasteiger partial charge on any atom is 0.223 e. The van der Waals surface area contributed by atoms with E-state index in [-0.39, 0.29) is 5.91 Å². The molecule has 19 heavy (non-hydrogen) atoms. The first-order valence-electron chi connectivity index (χ1n) is 7.31. The molecule has 1 aliphatic heterocycles. The standard InChI is InChI=1S/C15H22N2OS/c1-11(9-16-15(18)12-3-2-4-12)17-7-5-14-13(10-17)6-8-19-14/h6,8,11-12H,2-5,7,9-10H2,1H3,(H,16,18)/t11-/m1/s1. The Labute approximate surface area is 119 Å². The number of rotatable bonds is 4. The van der Waals surface area contributed by atoms with Gasteiger partial charge in [0.1, 0.15) is 0 Å². The SMILES string of the molecule is C[C@H](CNC(=O)C1CCC1)N1CCc2sccc2C1. The zero-order valence-electron chi connectivity index (χ0n) is 11.5. The molecule has 2 heterocycles. The van der Waals surface area contributed by atoms with Crippen LogP contribution < -0.4 is 5.32 Å². The van der Waals surface area contributed by atoms with E-state index in [4.69, 9.17) is 0 Å². The summed E-state index contributed by atoms with van der Waals surface area (Å²) in [5, 5.41) is 5.31. The van der Waals surface area contributed by atoms with Crippen molar-refractivity contribution in [2.75, 3.05) is 13.1 Å². The zero-order valence-corrected chi connectivity index (χ0v) is 12.3. The molecule has 3 nitrogen and oxygen atoms in total. The number of thiophene rings is 1. The molecule has 1 aromatic heterocycles. The van der Waals surface area contributed by atoms with Crippen LogP contribution in [0.1, 0.15) is 36.6 Å². The van der Waals surface area contributed by atoms with E-state index in [9.17, 15) is 4.79 Å². The highest BCUT2D eigenvalue weighted by molar-refractivity contribution is 7.10. The highest BCUT2D eigenvalue weighted by Crippen LogP contribution is 2.27. The van der Waals surface area contributed by atoms with E-state index < -0.39 is 0 Å². The zero-order chi connectivity index (χ0) is 13.2. The van der Waals surface area contributed by atoms with Crippen molar-refractivity contribution in [1.82, 2.24) is 10.2 Å². The number of fused-ring (bicyclic) bond motifs is 1. The molecule has 4 heteroatoms. The molecule has 1 saturated carbocycles. The van der Waals surface area contributed by atoms with Crippen molar-refractivity contribution in [3.8, 4) is 0 Å². The molecule has 3 rings (SSSR count). The molecule has 104 valence electrons. The van der Waals surface area contributed by atoms with Gasteiger partial charge in [-0.2, -0.15) is 0 Å². The second kappa shape index (κ2) is 5.63. The van der Waals surface area contributed by atoms with Crippen molar-refractivity contribution in [2.45, 2.75) is 45.2 Å². The van der Waals surface area contributed by atoms with Gasteiger partial charge in [0.05, 0.1) is 0 Å². The van der Waals surface area contributed by atoms with E-state index in [1.165, 1.54) is 12.0 Å². The van der Waals surface area contributed by atoms with Crippen LogP contribution in [0.15, 0.2) is 11.4 Å². The molecule has 1 N–H and O–H groups in total. The molecule has 1 atom stereocenters. The Hall–Kier alpha value is -0.870. The minimum absolute atomic E-state index is 0.270. The Morgan fingerprint density at radius 2 is 2.42 bits per heavy atom. The molecule has 2 aliphatic rings. The van der Waals surface area contributed by atoms with Crippen molar-refractivity contribution >= 4 is 17.2 Å². The minimum atomic E-state index is 0.270. The van der Waals surface area contributed by atoms with Gasteiger partial charge in [-0.3, -0.25) is 9.69 Å². The molecule has 0 aromatic carbocycles. The fourth-order valence-corrected chi connectivity index (χ4v) is 3.73. The van der Waals surface area contributed by atoms with Gasteiger partial charge in [0.2, 0.25) is 5.91 Å². The van der Waals surface area contributed by atoms with Crippen molar-refractivity contribution in [3.05, 3.63) is 21.9 Å². The highest BCUT2D eigenvalue weighted by atomic mass is 32.1. The van der Waals surface area contributed by atoms with Gasteiger partial charge in [0.25, 0.3) is 0 Å².